The lowest BCUT2D eigenvalue weighted by atomic mass is 10.2. The minimum absolute atomic E-state index is 0.0921. The summed E-state index contributed by atoms with van der Waals surface area (Å²) in [6.07, 6.45) is 7.10. The van der Waals surface area contributed by atoms with Gasteiger partial charge in [0, 0.05) is 31.8 Å². The summed E-state index contributed by atoms with van der Waals surface area (Å²) in [7, 11) is 0. The Morgan fingerprint density at radius 2 is 2.07 bits per heavy atom. The van der Waals surface area contributed by atoms with Gasteiger partial charge in [-0.15, -0.1) is 0 Å². The van der Waals surface area contributed by atoms with Crippen LogP contribution in [0.3, 0.4) is 0 Å². The van der Waals surface area contributed by atoms with Crippen molar-refractivity contribution in [3.05, 3.63) is 36.5 Å². The van der Waals surface area contributed by atoms with Gasteiger partial charge in [-0.1, -0.05) is 30.9 Å². The molecule has 1 fully saturated rings. The van der Waals surface area contributed by atoms with Crippen LogP contribution in [0.2, 0.25) is 0 Å². The number of rotatable bonds is 3. The summed E-state index contributed by atoms with van der Waals surface area (Å²) in [5.74, 6) is 0.0921. The van der Waals surface area contributed by atoms with Gasteiger partial charge in [-0.25, -0.2) is 0 Å². The summed E-state index contributed by atoms with van der Waals surface area (Å²) in [6.45, 7) is 8.84. The summed E-state index contributed by atoms with van der Waals surface area (Å²) in [4.78, 5) is 13.9. The molecule has 0 unspecified atom stereocenters. The van der Waals surface area contributed by atoms with Crippen LogP contribution in [0.1, 0.15) is 6.92 Å². The normalized spacial score (nSPS) is 18.2. The highest BCUT2D eigenvalue weighted by Gasteiger charge is 2.17. The highest BCUT2D eigenvalue weighted by molar-refractivity contribution is 5.96. The summed E-state index contributed by atoms with van der Waals surface area (Å²) < 4.78 is 0. The van der Waals surface area contributed by atoms with Gasteiger partial charge < -0.3 is 10.2 Å². The number of carbonyl (C=O) groups is 1. The van der Waals surface area contributed by atoms with Crippen LogP contribution in [0.15, 0.2) is 36.5 Å². The van der Waals surface area contributed by atoms with Gasteiger partial charge in [0.1, 0.15) is 0 Å². The molecule has 1 saturated heterocycles. The molecule has 3 heteroatoms. The SMILES string of the molecule is C=CC=C(C=CC)C(=O)N1CCNCC1. The highest BCUT2D eigenvalue weighted by Crippen LogP contribution is 2.05. The molecule has 1 heterocycles. The Kier molecular flexibility index (Phi) is 4.84. The van der Waals surface area contributed by atoms with Crippen LogP contribution >= 0.6 is 0 Å². The Morgan fingerprint density at radius 3 is 2.60 bits per heavy atom. The molecule has 0 atom stereocenters. The Balaban J connectivity index is 2.70. The lowest BCUT2D eigenvalue weighted by molar-refractivity contribution is -0.127. The molecule has 3 nitrogen and oxygen atoms in total. The van der Waals surface area contributed by atoms with Crippen LogP contribution in [0.5, 0.6) is 0 Å². The molecule has 1 N–H and O–H groups in total. The van der Waals surface area contributed by atoms with E-state index in [2.05, 4.69) is 11.9 Å². The summed E-state index contributed by atoms with van der Waals surface area (Å²) in [5.41, 5.74) is 0.703. The molecule has 1 rings (SSSR count). The quantitative estimate of drug-likeness (QED) is 0.554. The van der Waals surface area contributed by atoms with E-state index in [4.69, 9.17) is 0 Å². The first-order valence-corrected chi connectivity index (χ1v) is 5.25. The standard InChI is InChI=1S/C12H18N2O/c1-3-5-11(6-4-2)12(15)14-9-7-13-8-10-14/h3-6,13H,1,7-10H2,2H3. The van der Waals surface area contributed by atoms with Crippen LogP contribution in [0.25, 0.3) is 0 Å². The molecule has 0 aliphatic carbocycles. The predicted octanol–water partition coefficient (Wildman–Crippen LogP) is 1.11. The first-order valence-electron chi connectivity index (χ1n) is 5.25. The fourth-order valence-electron chi connectivity index (χ4n) is 1.56. The van der Waals surface area contributed by atoms with E-state index in [9.17, 15) is 4.79 Å². The fraction of sp³-hybridized carbons (Fsp3) is 0.417. The molecule has 0 bridgehead atoms. The molecule has 0 radical (unpaired) electrons. The average molecular weight is 206 g/mol. The maximum atomic E-state index is 12.0. The Hall–Kier alpha value is -1.35. The van der Waals surface area contributed by atoms with Crippen molar-refractivity contribution in [3.63, 3.8) is 0 Å². The molecular weight excluding hydrogens is 188 g/mol. The smallest absolute Gasteiger partial charge is 0.253 e. The van der Waals surface area contributed by atoms with Crippen LogP contribution in [0.4, 0.5) is 0 Å². The van der Waals surface area contributed by atoms with Gasteiger partial charge in [-0.2, -0.15) is 0 Å². The molecular formula is C12H18N2O. The molecule has 1 aliphatic rings. The second kappa shape index (κ2) is 6.19. The molecule has 82 valence electrons. The lowest BCUT2D eigenvalue weighted by Crippen LogP contribution is -2.46. The Morgan fingerprint density at radius 1 is 1.40 bits per heavy atom. The Bertz CT molecular complexity index is 286. The van der Waals surface area contributed by atoms with E-state index in [-0.39, 0.29) is 5.91 Å². The first-order chi connectivity index (χ1) is 7.29. The third kappa shape index (κ3) is 3.36. The number of carbonyl (C=O) groups excluding carboxylic acids is 1. The monoisotopic (exact) mass is 206 g/mol. The van der Waals surface area contributed by atoms with E-state index in [1.165, 1.54) is 0 Å². The highest BCUT2D eigenvalue weighted by atomic mass is 16.2. The van der Waals surface area contributed by atoms with Crippen LogP contribution < -0.4 is 5.32 Å². The van der Waals surface area contributed by atoms with Crippen molar-refractivity contribution in [2.24, 2.45) is 0 Å². The van der Waals surface area contributed by atoms with Gasteiger partial charge in [-0.05, 0) is 6.92 Å². The van der Waals surface area contributed by atoms with E-state index in [1.54, 1.807) is 12.2 Å². The number of hydrogen-bond acceptors (Lipinski definition) is 2. The molecule has 0 spiro atoms. The van der Waals surface area contributed by atoms with E-state index in [1.807, 2.05) is 24.0 Å². The van der Waals surface area contributed by atoms with Crippen LogP contribution in [-0.4, -0.2) is 37.0 Å². The average Bonchev–Trinajstić information content (AvgIpc) is 2.29. The van der Waals surface area contributed by atoms with Crippen molar-refractivity contribution in [3.8, 4) is 0 Å². The number of hydrogen-bond donors (Lipinski definition) is 1. The molecule has 1 aliphatic heterocycles. The largest absolute Gasteiger partial charge is 0.336 e. The van der Waals surface area contributed by atoms with Gasteiger partial charge in [0.2, 0.25) is 0 Å². The van der Waals surface area contributed by atoms with Crippen molar-refractivity contribution in [1.29, 1.82) is 0 Å². The first kappa shape index (κ1) is 11.7. The minimum Gasteiger partial charge on any atom is -0.336 e. The van der Waals surface area contributed by atoms with Gasteiger partial charge in [0.25, 0.3) is 5.91 Å². The third-order valence-corrected chi connectivity index (χ3v) is 2.29. The van der Waals surface area contributed by atoms with E-state index in [0.717, 1.165) is 26.2 Å². The summed E-state index contributed by atoms with van der Waals surface area (Å²) >= 11 is 0. The topological polar surface area (TPSA) is 32.3 Å². The van der Waals surface area contributed by atoms with Crippen molar-refractivity contribution < 1.29 is 4.79 Å². The van der Waals surface area contributed by atoms with Crippen LogP contribution in [0, 0.1) is 0 Å². The number of piperazine rings is 1. The zero-order chi connectivity index (χ0) is 11.1. The van der Waals surface area contributed by atoms with Crippen molar-refractivity contribution in [2.45, 2.75) is 6.92 Å². The third-order valence-electron chi connectivity index (χ3n) is 2.29. The van der Waals surface area contributed by atoms with Gasteiger partial charge in [-0.3, -0.25) is 4.79 Å². The molecule has 0 saturated carbocycles. The second-order valence-corrected chi connectivity index (χ2v) is 3.40. The van der Waals surface area contributed by atoms with Gasteiger partial charge in [0.05, 0.1) is 0 Å². The van der Waals surface area contributed by atoms with E-state index >= 15 is 0 Å². The maximum Gasteiger partial charge on any atom is 0.253 e. The summed E-state index contributed by atoms with van der Waals surface area (Å²) in [5, 5.41) is 3.22. The van der Waals surface area contributed by atoms with Gasteiger partial charge in [0.15, 0.2) is 0 Å². The van der Waals surface area contributed by atoms with Crippen molar-refractivity contribution >= 4 is 5.91 Å². The number of nitrogens with zero attached hydrogens (tertiary/aromatic N) is 1. The molecule has 0 aromatic carbocycles. The lowest BCUT2D eigenvalue weighted by Gasteiger charge is -2.27. The molecule has 1 amide bonds. The minimum atomic E-state index is 0.0921. The molecule has 0 aromatic rings. The zero-order valence-electron chi connectivity index (χ0n) is 9.20. The fourth-order valence-corrected chi connectivity index (χ4v) is 1.56. The number of nitrogens with one attached hydrogen (secondary N) is 1. The number of amides is 1. The van der Waals surface area contributed by atoms with Crippen LogP contribution in [-0.2, 0) is 4.79 Å². The predicted molar refractivity (Wildman–Crippen MR) is 62.5 cm³/mol. The summed E-state index contributed by atoms with van der Waals surface area (Å²) in [6, 6.07) is 0. The van der Waals surface area contributed by atoms with E-state index in [0.29, 0.717) is 5.57 Å². The van der Waals surface area contributed by atoms with Gasteiger partial charge >= 0.3 is 0 Å². The van der Waals surface area contributed by atoms with Crippen molar-refractivity contribution in [1.82, 2.24) is 10.2 Å². The second-order valence-electron chi connectivity index (χ2n) is 3.40. The Labute approximate surface area is 91.2 Å². The zero-order valence-corrected chi connectivity index (χ0v) is 9.20. The maximum absolute atomic E-state index is 12.0. The molecule has 15 heavy (non-hydrogen) atoms. The van der Waals surface area contributed by atoms with Crippen molar-refractivity contribution in [2.75, 3.05) is 26.2 Å². The van der Waals surface area contributed by atoms with E-state index < -0.39 is 0 Å². The molecule has 0 aromatic heterocycles. The number of allylic oxidation sites excluding steroid dienone is 3.